The highest BCUT2D eigenvalue weighted by molar-refractivity contribution is 7.73. The van der Waals surface area contributed by atoms with E-state index >= 15 is 0 Å². The summed E-state index contributed by atoms with van der Waals surface area (Å²) in [5.41, 5.74) is 5.75. The van der Waals surface area contributed by atoms with Crippen LogP contribution in [0.25, 0.3) is 0 Å². The third kappa shape index (κ3) is 2.74. The molecule has 0 saturated heterocycles. The van der Waals surface area contributed by atoms with Gasteiger partial charge in [-0.25, -0.2) is 0 Å². The van der Waals surface area contributed by atoms with Gasteiger partial charge in [0.25, 0.3) is 0 Å². The average Bonchev–Trinajstić information content (AvgIpc) is 2.40. The van der Waals surface area contributed by atoms with Gasteiger partial charge in [0.2, 0.25) is 0 Å². The lowest BCUT2D eigenvalue weighted by Gasteiger charge is -2.22. The molecule has 0 unspecified atom stereocenters. The van der Waals surface area contributed by atoms with Gasteiger partial charge in [-0.2, -0.15) is 0 Å². The number of aryl methyl sites for hydroxylation is 2. The molecule has 1 heteroatoms. The van der Waals surface area contributed by atoms with Crippen molar-refractivity contribution >= 4 is 18.5 Å². The van der Waals surface area contributed by atoms with Gasteiger partial charge in [0.15, 0.2) is 0 Å². The molecule has 0 heterocycles. The van der Waals surface area contributed by atoms with Crippen molar-refractivity contribution in [3.8, 4) is 0 Å². The maximum Gasteiger partial charge on any atom is -0.0163 e. The second-order valence-electron chi connectivity index (χ2n) is 5.18. The maximum atomic E-state index is 2.32. The van der Waals surface area contributed by atoms with E-state index in [1.807, 2.05) is 0 Å². The van der Waals surface area contributed by atoms with Crippen molar-refractivity contribution in [1.29, 1.82) is 0 Å². The van der Waals surface area contributed by atoms with E-state index < -0.39 is 0 Å². The van der Waals surface area contributed by atoms with Crippen LogP contribution < -0.4 is 10.6 Å². The van der Waals surface area contributed by atoms with Gasteiger partial charge in [-0.3, -0.25) is 0 Å². The highest BCUT2D eigenvalue weighted by Gasteiger charge is 2.16. The van der Waals surface area contributed by atoms with Crippen LogP contribution in [0.5, 0.6) is 0 Å². The molecule has 0 aliphatic rings. The van der Waals surface area contributed by atoms with Gasteiger partial charge < -0.3 is 0 Å². The van der Waals surface area contributed by atoms with Crippen LogP contribution >= 0.6 is 7.92 Å². The van der Waals surface area contributed by atoms with Gasteiger partial charge in [-0.05, 0) is 74.6 Å². The van der Waals surface area contributed by atoms with Crippen LogP contribution in [0.15, 0.2) is 36.4 Å². The molecule has 0 aliphatic heterocycles. The molecule has 0 bridgehead atoms. The third-order valence-corrected chi connectivity index (χ3v) is 6.81. The van der Waals surface area contributed by atoms with Gasteiger partial charge in [0.1, 0.15) is 0 Å². The Morgan fingerprint density at radius 2 is 1.16 bits per heavy atom. The van der Waals surface area contributed by atoms with Crippen LogP contribution in [0.1, 0.15) is 29.2 Å². The number of benzene rings is 2. The molecule has 0 fully saturated rings. The summed E-state index contributed by atoms with van der Waals surface area (Å²) in [6, 6.07) is 13.5. The fraction of sp³-hybridized carbons (Fsp3) is 0.333. The normalized spacial score (nSPS) is 11.1. The van der Waals surface area contributed by atoms with E-state index in [1.165, 1.54) is 28.4 Å². The molecule has 0 aromatic heterocycles. The highest BCUT2D eigenvalue weighted by atomic mass is 31.1. The van der Waals surface area contributed by atoms with Crippen LogP contribution in [0.3, 0.4) is 0 Å². The van der Waals surface area contributed by atoms with Gasteiger partial charge in [-0.1, -0.05) is 43.3 Å². The van der Waals surface area contributed by atoms with Crippen molar-refractivity contribution in [1.82, 2.24) is 0 Å². The van der Waals surface area contributed by atoms with Crippen LogP contribution in [0.4, 0.5) is 0 Å². The van der Waals surface area contributed by atoms with Crippen LogP contribution in [0, 0.1) is 27.7 Å². The monoisotopic (exact) mass is 270 g/mol. The molecular formula is C18H23P. The van der Waals surface area contributed by atoms with Crippen LogP contribution in [0.2, 0.25) is 0 Å². The largest absolute Gasteiger partial charge is 0.0613 e. The molecule has 0 aliphatic carbocycles. The highest BCUT2D eigenvalue weighted by Crippen LogP contribution is 2.36. The lowest BCUT2D eigenvalue weighted by atomic mass is 10.1. The first kappa shape index (κ1) is 14.3. The number of hydrogen-bond donors (Lipinski definition) is 0. The Bertz CT molecular complexity index is 533. The maximum absolute atomic E-state index is 2.32. The average molecular weight is 270 g/mol. The number of hydrogen-bond acceptors (Lipinski definition) is 0. The molecule has 0 nitrogen and oxygen atoms in total. The molecule has 2 aromatic rings. The van der Waals surface area contributed by atoms with Gasteiger partial charge in [-0.15, -0.1) is 0 Å². The minimum atomic E-state index is -0.223. The van der Waals surface area contributed by atoms with Crippen molar-refractivity contribution in [2.45, 2.75) is 34.6 Å². The summed E-state index contributed by atoms with van der Waals surface area (Å²) in [6.07, 6.45) is 1.21. The first-order valence-electron chi connectivity index (χ1n) is 6.96. The molecule has 2 aromatic carbocycles. The topological polar surface area (TPSA) is 0 Å². The molecule has 100 valence electrons. The van der Waals surface area contributed by atoms with E-state index in [0.717, 1.165) is 0 Å². The van der Waals surface area contributed by atoms with Gasteiger partial charge in [0.05, 0.1) is 0 Å². The van der Waals surface area contributed by atoms with Gasteiger partial charge >= 0.3 is 0 Å². The molecule has 0 amide bonds. The Labute approximate surface area is 118 Å². The summed E-state index contributed by atoms with van der Waals surface area (Å²) < 4.78 is 0. The summed E-state index contributed by atoms with van der Waals surface area (Å²) in [4.78, 5) is 0. The smallest absolute Gasteiger partial charge is 0.0163 e. The summed E-state index contributed by atoms with van der Waals surface area (Å²) in [5.74, 6) is 0. The van der Waals surface area contributed by atoms with Crippen molar-refractivity contribution in [3.63, 3.8) is 0 Å². The fourth-order valence-corrected chi connectivity index (χ4v) is 5.16. The molecule has 0 saturated carbocycles. The van der Waals surface area contributed by atoms with E-state index in [4.69, 9.17) is 0 Å². The molecule has 2 rings (SSSR count). The summed E-state index contributed by atoms with van der Waals surface area (Å²) in [5, 5.41) is 3.09. The molecule has 0 atom stereocenters. The summed E-state index contributed by atoms with van der Waals surface area (Å²) in [7, 11) is -0.223. The zero-order valence-corrected chi connectivity index (χ0v) is 13.5. The number of rotatable bonds is 3. The van der Waals surface area contributed by atoms with Crippen molar-refractivity contribution < 1.29 is 0 Å². The summed E-state index contributed by atoms with van der Waals surface area (Å²) in [6.45, 7) is 11.3. The molecular weight excluding hydrogens is 247 g/mol. The standard InChI is InChI=1S/C18H23P/c1-6-19(17-11-7-9-13(2)15(17)4)18-12-8-10-14(3)16(18)5/h7-12H,6H2,1-5H3. The van der Waals surface area contributed by atoms with Crippen LogP contribution in [-0.2, 0) is 0 Å². The molecule has 0 N–H and O–H groups in total. The molecule has 19 heavy (non-hydrogen) atoms. The quantitative estimate of drug-likeness (QED) is 0.726. The molecule has 0 spiro atoms. The minimum Gasteiger partial charge on any atom is -0.0613 e. The van der Waals surface area contributed by atoms with Crippen LogP contribution in [-0.4, -0.2) is 6.16 Å². The third-order valence-electron chi connectivity index (χ3n) is 4.05. The lowest BCUT2D eigenvalue weighted by molar-refractivity contribution is 1.35. The Morgan fingerprint density at radius 3 is 1.53 bits per heavy atom. The van der Waals surface area contributed by atoms with Gasteiger partial charge in [0, 0.05) is 0 Å². The van der Waals surface area contributed by atoms with E-state index in [0.29, 0.717) is 0 Å². The minimum absolute atomic E-state index is 0.223. The Balaban J connectivity index is 2.57. The predicted octanol–water partition coefficient (Wildman–Crippen LogP) is 4.37. The first-order valence-corrected chi connectivity index (χ1v) is 8.49. The lowest BCUT2D eigenvalue weighted by Crippen LogP contribution is -2.19. The Morgan fingerprint density at radius 1 is 0.737 bits per heavy atom. The van der Waals surface area contributed by atoms with E-state index in [2.05, 4.69) is 71.0 Å². The Hall–Kier alpha value is -1.13. The van der Waals surface area contributed by atoms with E-state index in [9.17, 15) is 0 Å². The molecule has 0 radical (unpaired) electrons. The summed E-state index contributed by atoms with van der Waals surface area (Å²) >= 11 is 0. The van der Waals surface area contributed by atoms with E-state index in [-0.39, 0.29) is 7.92 Å². The second kappa shape index (κ2) is 5.88. The SMILES string of the molecule is CCP(c1cccc(C)c1C)c1cccc(C)c1C. The first-order chi connectivity index (χ1) is 9.06. The zero-order valence-electron chi connectivity index (χ0n) is 12.6. The second-order valence-corrected chi connectivity index (χ2v) is 7.63. The van der Waals surface area contributed by atoms with Crippen molar-refractivity contribution in [2.24, 2.45) is 0 Å². The zero-order chi connectivity index (χ0) is 14.0. The van der Waals surface area contributed by atoms with E-state index in [1.54, 1.807) is 10.6 Å². The fourth-order valence-electron chi connectivity index (χ4n) is 2.53. The van der Waals surface area contributed by atoms with Crippen molar-refractivity contribution in [2.75, 3.05) is 6.16 Å². The Kier molecular flexibility index (Phi) is 4.42. The van der Waals surface area contributed by atoms with Crippen molar-refractivity contribution in [3.05, 3.63) is 58.7 Å². The predicted molar refractivity (Wildman–Crippen MR) is 88.6 cm³/mol.